The number of nitro groups is 1. The molecule has 0 radical (unpaired) electrons. The van der Waals surface area contributed by atoms with E-state index in [-0.39, 0.29) is 17.4 Å². The number of nitro benzene ring substituents is 1. The molecule has 1 fully saturated rings. The van der Waals surface area contributed by atoms with Crippen molar-refractivity contribution in [2.75, 3.05) is 5.01 Å². The summed E-state index contributed by atoms with van der Waals surface area (Å²) in [6, 6.07) is 12.7. The SMILES string of the molecule is CC[C@H](C)Oc1ccc([N+](=O)[O-])cc1/C=C1/C(=O)NN(c2ccccc2)C1=O. The Morgan fingerprint density at radius 2 is 1.93 bits per heavy atom. The lowest BCUT2D eigenvalue weighted by molar-refractivity contribution is -0.384. The van der Waals surface area contributed by atoms with Gasteiger partial charge >= 0.3 is 0 Å². The van der Waals surface area contributed by atoms with E-state index >= 15 is 0 Å². The van der Waals surface area contributed by atoms with Crippen molar-refractivity contribution in [2.24, 2.45) is 0 Å². The number of hydrogen-bond acceptors (Lipinski definition) is 5. The first-order valence-corrected chi connectivity index (χ1v) is 8.78. The van der Waals surface area contributed by atoms with Crippen molar-refractivity contribution in [2.45, 2.75) is 26.4 Å². The lowest BCUT2D eigenvalue weighted by Gasteiger charge is -2.15. The molecule has 28 heavy (non-hydrogen) atoms. The fourth-order valence-corrected chi connectivity index (χ4v) is 2.64. The molecule has 1 heterocycles. The molecule has 2 amide bonds. The molecule has 144 valence electrons. The van der Waals surface area contributed by atoms with Crippen molar-refractivity contribution in [3.05, 3.63) is 69.8 Å². The fourth-order valence-electron chi connectivity index (χ4n) is 2.64. The first kappa shape index (κ1) is 19.1. The normalized spacial score (nSPS) is 16.2. The van der Waals surface area contributed by atoms with E-state index < -0.39 is 16.7 Å². The molecule has 0 aliphatic carbocycles. The van der Waals surface area contributed by atoms with Crippen molar-refractivity contribution in [3.63, 3.8) is 0 Å². The number of carbonyl (C=O) groups excluding carboxylic acids is 2. The van der Waals surface area contributed by atoms with Gasteiger partial charge in [0.05, 0.1) is 16.7 Å². The van der Waals surface area contributed by atoms with E-state index in [9.17, 15) is 19.7 Å². The number of nitrogens with zero attached hydrogens (tertiary/aromatic N) is 2. The zero-order chi connectivity index (χ0) is 20.3. The Morgan fingerprint density at radius 1 is 1.21 bits per heavy atom. The van der Waals surface area contributed by atoms with E-state index in [0.29, 0.717) is 17.0 Å². The van der Waals surface area contributed by atoms with Gasteiger partial charge in [-0.1, -0.05) is 25.1 Å². The van der Waals surface area contributed by atoms with Crippen molar-refractivity contribution >= 4 is 29.3 Å². The summed E-state index contributed by atoms with van der Waals surface area (Å²) in [5, 5.41) is 12.3. The minimum absolute atomic E-state index is 0.127. The fraction of sp³-hybridized carbons (Fsp3) is 0.200. The second-order valence-corrected chi connectivity index (χ2v) is 6.29. The molecule has 2 aromatic carbocycles. The Morgan fingerprint density at radius 3 is 2.57 bits per heavy atom. The summed E-state index contributed by atoms with van der Waals surface area (Å²) in [5.41, 5.74) is 3.02. The van der Waals surface area contributed by atoms with Gasteiger partial charge in [0.25, 0.3) is 17.5 Å². The van der Waals surface area contributed by atoms with Crippen LogP contribution in [-0.4, -0.2) is 22.8 Å². The average Bonchev–Trinajstić information content (AvgIpc) is 2.97. The average molecular weight is 381 g/mol. The summed E-state index contributed by atoms with van der Waals surface area (Å²) in [7, 11) is 0. The van der Waals surface area contributed by atoms with Gasteiger partial charge in [-0.15, -0.1) is 0 Å². The highest BCUT2D eigenvalue weighted by Gasteiger charge is 2.34. The third-order valence-corrected chi connectivity index (χ3v) is 4.31. The number of amides is 2. The van der Waals surface area contributed by atoms with Crippen molar-refractivity contribution < 1.29 is 19.2 Å². The number of carbonyl (C=O) groups is 2. The van der Waals surface area contributed by atoms with Gasteiger partial charge in [-0.25, -0.2) is 5.01 Å². The van der Waals surface area contributed by atoms with Crippen LogP contribution < -0.4 is 15.2 Å². The Hall–Kier alpha value is -3.68. The highest BCUT2D eigenvalue weighted by molar-refractivity contribution is 6.31. The second kappa shape index (κ2) is 7.91. The quantitative estimate of drug-likeness (QED) is 0.358. The third-order valence-electron chi connectivity index (χ3n) is 4.31. The maximum absolute atomic E-state index is 12.7. The van der Waals surface area contributed by atoms with Crippen LogP contribution in [0.2, 0.25) is 0 Å². The molecule has 1 aliphatic heterocycles. The van der Waals surface area contributed by atoms with Crippen LogP contribution in [0, 0.1) is 10.1 Å². The van der Waals surface area contributed by atoms with E-state index in [0.717, 1.165) is 11.4 Å². The van der Waals surface area contributed by atoms with Crippen molar-refractivity contribution in [1.82, 2.24) is 5.43 Å². The van der Waals surface area contributed by atoms with E-state index in [1.807, 2.05) is 13.8 Å². The molecule has 1 aliphatic rings. The van der Waals surface area contributed by atoms with Gasteiger partial charge in [0, 0.05) is 17.7 Å². The Bertz CT molecular complexity index is 956. The number of hydrogen-bond donors (Lipinski definition) is 1. The standard InChI is InChI=1S/C20H19N3O5/c1-3-13(2)28-18-10-9-16(23(26)27)11-14(18)12-17-19(24)21-22(20(17)25)15-7-5-4-6-8-15/h4-13H,3H2,1-2H3,(H,21,24)/b17-12-/t13-/m0/s1. The van der Waals surface area contributed by atoms with Crippen LogP contribution in [0.15, 0.2) is 54.1 Å². The van der Waals surface area contributed by atoms with E-state index in [1.54, 1.807) is 30.3 Å². The maximum Gasteiger partial charge on any atom is 0.282 e. The summed E-state index contributed by atoms with van der Waals surface area (Å²) in [6.45, 7) is 3.81. The van der Waals surface area contributed by atoms with Gasteiger partial charge in [-0.3, -0.25) is 25.1 Å². The summed E-state index contributed by atoms with van der Waals surface area (Å²) in [4.78, 5) is 35.7. The number of ether oxygens (including phenoxy) is 1. The van der Waals surface area contributed by atoms with Crippen LogP contribution in [0.4, 0.5) is 11.4 Å². The van der Waals surface area contributed by atoms with Crippen LogP contribution in [0.25, 0.3) is 6.08 Å². The Kier molecular flexibility index (Phi) is 5.39. The minimum Gasteiger partial charge on any atom is -0.490 e. The number of benzene rings is 2. The zero-order valence-electron chi connectivity index (χ0n) is 15.4. The van der Waals surface area contributed by atoms with Crippen LogP contribution in [0.1, 0.15) is 25.8 Å². The Balaban J connectivity index is 2.01. The second-order valence-electron chi connectivity index (χ2n) is 6.29. The van der Waals surface area contributed by atoms with E-state index in [4.69, 9.17) is 4.74 Å². The molecule has 1 N–H and O–H groups in total. The zero-order valence-corrected chi connectivity index (χ0v) is 15.4. The number of non-ortho nitro benzene ring substituents is 1. The molecule has 0 bridgehead atoms. The number of hydrazine groups is 1. The van der Waals surface area contributed by atoms with Crippen LogP contribution in [-0.2, 0) is 9.59 Å². The predicted molar refractivity (Wildman–Crippen MR) is 104 cm³/mol. The lowest BCUT2D eigenvalue weighted by atomic mass is 10.1. The van der Waals surface area contributed by atoms with Gasteiger partial charge in [0.1, 0.15) is 11.3 Å². The predicted octanol–water partition coefficient (Wildman–Crippen LogP) is 3.23. The van der Waals surface area contributed by atoms with Gasteiger partial charge in [0.15, 0.2) is 0 Å². The molecule has 0 unspecified atom stereocenters. The molecule has 0 aromatic heterocycles. The lowest BCUT2D eigenvalue weighted by Crippen LogP contribution is -2.35. The molecule has 1 saturated heterocycles. The van der Waals surface area contributed by atoms with Crippen LogP contribution >= 0.6 is 0 Å². The maximum atomic E-state index is 12.7. The highest BCUT2D eigenvalue weighted by Crippen LogP contribution is 2.29. The van der Waals surface area contributed by atoms with Crippen molar-refractivity contribution in [3.8, 4) is 5.75 Å². The molecule has 8 nitrogen and oxygen atoms in total. The monoisotopic (exact) mass is 381 g/mol. The van der Waals surface area contributed by atoms with Crippen LogP contribution in [0.3, 0.4) is 0 Å². The van der Waals surface area contributed by atoms with E-state index in [1.165, 1.54) is 24.3 Å². The molecular weight excluding hydrogens is 362 g/mol. The number of anilines is 1. The molecular formula is C20H19N3O5. The third kappa shape index (κ3) is 3.85. The topological polar surface area (TPSA) is 102 Å². The molecule has 3 rings (SSSR count). The largest absolute Gasteiger partial charge is 0.490 e. The van der Waals surface area contributed by atoms with Crippen LogP contribution in [0.5, 0.6) is 5.75 Å². The number of para-hydroxylation sites is 1. The number of rotatable bonds is 6. The highest BCUT2D eigenvalue weighted by atomic mass is 16.6. The summed E-state index contributed by atoms with van der Waals surface area (Å²) >= 11 is 0. The Labute approximate surface area is 161 Å². The summed E-state index contributed by atoms with van der Waals surface area (Å²) in [5.74, 6) is -0.766. The molecule has 2 aromatic rings. The summed E-state index contributed by atoms with van der Waals surface area (Å²) < 4.78 is 5.80. The molecule has 0 spiro atoms. The van der Waals surface area contributed by atoms with Gasteiger partial charge < -0.3 is 4.74 Å². The van der Waals surface area contributed by atoms with E-state index in [2.05, 4.69) is 5.43 Å². The first-order valence-electron chi connectivity index (χ1n) is 8.78. The van der Waals surface area contributed by atoms with Crippen molar-refractivity contribution in [1.29, 1.82) is 0 Å². The smallest absolute Gasteiger partial charge is 0.282 e. The minimum atomic E-state index is -0.588. The molecule has 8 heteroatoms. The molecule has 0 saturated carbocycles. The van der Waals surface area contributed by atoms with Gasteiger partial charge in [-0.05, 0) is 37.6 Å². The van der Waals surface area contributed by atoms with Gasteiger partial charge in [-0.2, -0.15) is 0 Å². The number of nitrogens with one attached hydrogen (secondary N) is 1. The van der Waals surface area contributed by atoms with Gasteiger partial charge in [0.2, 0.25) is 0 Å². The summed E-state index contributed by atoms with van der Waals surface area (Å²) in [6.07, 6.45) is 1.92. The first-order chi connectivity index (χ1) is 13.4. The molecule has 1 atom stereocenters.